The van der Waals surface area contributed by atoms with E-state index in [1.807, 2.05) is 0 Å². The van der Waals surface area contributed by atoms with E-state index in [-0.39, 0.29) is 0 Å². The Kier molecular flexibility index (Phi) is 5.83. The summed E-state index contributed by atoms with van der Waals surface area (Å²) in [6, 6.07) is 58.6. The largest absolute Gasteiger partial charge is 0.308 e. The van der Waals surface area contributed by atoms with E-state index >= 15 is 0 Å². The molecule has 1 aliphatic carbocycles. The lowest BCUT2D eigenvalue weighted by Crippen LogP contribution is -2.01. The molecule has 0 aliphatic heterocycles. The first kappa shape index (κ1) is 27.2. The number of fused-ring (bicyclic) bond motifs is 7. The molecule has 8 aromatic carbocycles. The minimum absolute atomic E-state index is 0.459. The van der Waals surface area contributed by atoms with Crippen molar-refractivity contribution in [1.82, 2.24) is 4.57 Å². The molecule has 0 fully saturated rings. The first-order chi connectivity index (χ1) is 23.7. The Hall–Kier alpha value is -5.92. The van der Waals surface area contributed by atoms with Gasteiger partial charge in [0.2, 0.25) is 0 Å². The summed E-state index contributed by atoms with van der Waals surface area (Å²) in [6.07, 6.45) is 0. The zero-order valence-electron chi connectivity index (χ0n) is 27.0. The Morgan fingerprint density at radius 2 is 0.917 bits per heavy atom. The second-order valence-corrected chi connectivity index (χ2v) is 13.4. The normalized spacial score (nSPS) is 12.1. The van der Waals surface area contributed by atoms with E-state index in [9.17, 15) is 0 Å². The van der Waals surface area contributed by atoms with E-state index in [0.29, 0.717) is 5.92 Å². The lowest BCUT2D eigenvalue weighted by atomic mass is 9.85. The number of para-hydroxylation sites is 2. The van der Waals surface area contributed by atoms with Gasteiger partial charge >= 0.3 is 0 Å². The third-order valence-electron chi connectivity index (χ3n) is 10.5. The molecule has 0 N–H and O–H groups in total. The summed E-state index contributed by atoms with van der Waals surface area (Å²) in [6.45, 7) is 4.55. The van der Waals surface area contributed by atoms with Crippen LogP contribution in [-0.4, -0.2) is 4.57 Å². The molecular formula is C47H33N. The van der Waals surface area contributed by atoms with Crippen molar-refractivity contribution in [3.8, 4) is 50.2 Å². The molecule has 0 unspecified atom stereocenters. The fraction of sp³-hybridized carbons (Fsp3) is 0.0638. The van der Waals surface area contributed by atoms with Gasteiger partial charge in [-0.05, 0) is 73.2 Å². The van der Waals surface area contributed by atoms with Gasteiger partial charge in [0.25, 0.3) is 0 Å². The van der Waals surface area contributed by atoms with Crippen molar-refractivity contribution in [2.75, 3.05) is 0 Å². The van der Waals surface area contributed by atoms with Crippen molar-refractivity contribution in [2.24, 2.45) is 0 Å². The van der Waals surface area contributed by atoms with Crippen LogP contribution in [0.3, 0.4) is 0 Å². The van der Waals surface area contributed by atoms with Gasteiger partial charge in [0.05, 0.1) is 16.7 Å². The number of aromatic nitrogens is 1. The summed E-state index contributed by atoms with van der Waals surface area (Å²) in [7, 11) is 0. The minimum atomic E-state index is 0.459. The predicted molar refractivity (Wildman–Crippen MR) is 205 cm³/mol. The summed E-state index contributed by atoms with van der Waals surface area (Å²) < 4.78 is 2.53. The molecular weight excluding hydrogens is 579 g/mol. The molecule has 0 atom stereocenters. The van der Waals surface area contributed by atoms with Gasteiger partial charge in [-0.15, -0.1) is 0 Å². The fourth-order valence-corrected chi connectivity index (χ4v) is 8.48. The Labute approximate surface area is 280 Å². The highest BCUT2D eigenvalue weighted by Gasteiger charge is 2.31. The molecule has 0 amide bonds. The van der Waals surface area contributed by atoms with Gasteiger partial charge in [-0.1, -0.05) is 159 Å². The van der Waals surface area contributed by atoms with Gasteiger partial charge in [0.1, 0.15) is 0 Å². The van der Waals surface area contributed by atoms with Crippen molar-refractivity contribution < 1.29 is 0 Å². The molecule has 1 nitrogen and oxygen atoms in total. The molecule has 1 aromatic heterocycles. The van der Waals surface area contributed by atoms with Gasteiger partial charge < -0.3 is 4.57 Å². The van der Waals surface area contributed by atoms with Crippen LogP contribution < -0.4 is 0 Å². The lowest BCUT2D eigenvalue weighted by Gasteiger charge is -2.22. The van der Waals surface area contributed by atoms with Gasteiger partial charge in [0.15, 0.2) is 0 Å². The van der Waals surface area contributed by atoms with Crippen LogP contribution in [0.5, 0.6) is 0 Å². The molecule has 0 bridgehead atoms. The molecule has 226 valence electrons. The molecule has 0 radical (unpaired) electrons. The Morgan fingerprint density at radius 3 is 1.58 bits per heavy atom. The third-order valence-corrected chi connectivity index (χ3v) is 10.5. The second kappa shape index (κ2) is 10.3. The smallest absolute Gasteiger partial charge is 0.0625 e. The van der Waals surface area contributed by atoms with E-state index in [0.717, 1.165) is 0 Å². The van der Waals surface area contributed by atoms with Crippen LogP contribution >= 0.6 is 0 Å². The second-order valence-electron chi connectivity index (χ2n) is 13.4. The Balaban J connectivity index is 1.35. The molecule has 1 heteroatoms. The highest BCUT2D eigenvalue weighted by atomic mass is 15.0. The SMILES string of the molecule is CC(C)c1ccccc1-c1ccc(-c2c3c(c(-n4c5ccccc5c5ccccc54)c4ccccc24)-c2cccc4cccc-3c24)cc1. The van der Waals surface area contributed by atoms with Crippen LogP contribution in [0.4, 0.5) is 0 Å². The molecule has 0 saturated heterocycles. The summed E-state index contributed by atoms with van der Waals surface area (Å²) in [5.41, 5.74) is 15.5. The summed E-state index contributed by atoms with van der Waals surface area (Å²) >= 11 is 0. The maximum atomic E-state index is 2.53. The maximum absolute atomic E-state index is 2.53. The van der Waals surface area contributed by atoms with Crippen LogP contribution in [-0.2, 0) is 0 Å². The highest BCUT2D eigenvalue weighted by Crippen LogP contribution is 2.57. The molecule has 9 aromatic rings. The number of hydrogen-bond acceptors (Lipinski definition) is 0. The zero-order chi connectivity index (χ0) is 31.9. The van der Waals surface area contributed by atoms with Crippen molar-refractivity contribution in [2.45, 2.75) is 19.8 Å². The summed E-state index contributed by atoms with van der Waals surface area (Å²) in [5.74, 6) is 0.459. The minimum Gasteiger partial charge on any atom is -0.308 e. The quantitative estimate of drug-likeness (QED) is 0.187. The molecule has 1 aliphatic rings. The monoisotopic (exact) mass is 611 g/mol. The predicted octanol–water partition coefficient (Wildman–Crippen LogP) is 13.2. The van der Waals surface area contributed by atoms with E-state index in [1.165, 1.54) is 99.1 Å². The average Bonchev–Trinajstić information content (AvgIpc) is 3.65. The highest BCUT2D eigenvalue weighted by molar-refractivity contribution is 6.26. The Bertz CT molecular complexity index is 2680. The van der Waals surface area contributed by atoms with Crippen LogP contribution in [0.1, 0.15) is 25.3 Å². The molecule has 10 rings (SSSR count). The van der Waals surface area contributed by atoms with Crippen molar-refractivity contribution in [3.05, 3.63) is 163 Å². The van der Waals surface area contributed by atoms with Crippen molar-refractivity contribution >= 4 is 43.4 Å². The average molecular weight is 612 g/mol. The molecule has 1 heterocycles. The summed E-state index contributed by atoms with van der Waals surface area (Å²) in [5, 5.41) is 7.72. The standard InChI is InChI=1S/C47H33N/c1-29(2)33-15-3-4-16-34(33)30-25-27-32(28-26-30)44-37-19-5-6-20-38(37)47(46-40-22-12-14-31-13-11-21-39(43(31)40)45(44)46)48-41-23-9-7-17-35(41)36-18-8-10-24-42(36)48/h3-29H,1-2H3. The molecule has 0 saturated carbocycles. The van der Waals surface area contributed by atoms with Crippen molar-refractivity contribution in [1.29, 1.82) is 0 Å². The maximum Gasteiger partial charge on any atom is 0.0625 e. The summed E-state index contributed by atoms with van der Waals surface area (Å²) in [4.78, 5) is 0. The number of benzene rings is 8. The number of hydrogen-bond donors (Lipinski definition) is 0. The lowest BCUT2D eigenvalue weighted by molar-refractivity contribution is 0.869. The van der Waals surface area contributed by atoms with E-state index in [1.54, 1.807) is 0 Å². The van der Waals surface area contributed by atoms with Crippen LogP contribution in [0.25, 0.3) is 93.5 Å². The number of rotatable bonds is 4. The van der Waals surface area contributed by atoms with Crippen LogP contribution in [0.2, 0.25) is 0 Å². The van der Waals surface area contributed by atoms with E-state index in [4.69, 9.17) is 0 Å². The molecule has 48 heavy (non-hydrogen) atoms. The van der Waals surface area contributed by atoms with Crippen LogP contribution in [0.15, 0.2) is 158 Å². The zero-order valence-corrected chi connectivity index (χ0v) is 27.0. The molecule has 0 spiro atoms. The van der Waals surface area contributed by atoms with Gasteiger partial charge in [-0.2, -0.15) is 0 Å². The van der Waals surface area contributed by atoms with Gasteiger partial charge in [-0.25, -0.2) is 0 Å². The topological polar surface area (TPSA) is 4.93 Å². The van der Waals surface area contributed by atoms with Gasteiger partial charge in [0, 0.05) is 27.3 Å². The van der Waals surface area contributed by atoms with Gasteiger partial charge in [-0.3, -0.25) is 0 Å². The van der Waals surface area contributed by atoms with E-state index in [2.05, 4.69) is 176 Å². The third kappa shape index (κ3) is 3.73. The number of nitrogens with zero attached hydrogens (tertiary/aromatic N) is 1. The first-order valence-corrected chi connectivity index (χ1v) is 17.0. The van der Waals surface area contributed by atoms with E-state index < -0.39 is 0 Å². The fourth-order valence-electron chi connectivity index (χ4n) is 8.48. The van der Waals surface area contributed by atoms with Crippen LogP contribution in [0, 0.1) is 0 Å². The first-order valence-electron chi connectivity index (χ1n) is 17.0. The van der Waals surface area contributed by atoms with Crippen molar-refractivity contribution in [3.63, 3.8) is 0 Å². The Morgan fingerprint density at radius 1 is 0.396 bits per heavy atom.